The van der Waals surface area contributed by atoms with Crippen molar-refractivity contribution in [3.05, 3.63) is 65.0 Å². The Morgan fingerprint density at radius 3 is 2.72 bits per heavy atom. The second-order valence-electron chi connectivity index (χ2n) is 7.36. The highest BCUT2D eigenvalue weighted by atomic mass is 32.2. The zero-order valence-electron chi connectivity index (χ0n) is 15.7. The molecule has 0 N–H and O–H groups in total. The molecule has 2 atom stereocenters. The molecule has 0 aliphatic carbocycles. The average molecular weight is 420 g/mol. The van der Waals surface area contributed by atoms with E-state index in [1.54, 1.807) is 0 Å². The van der Waals surface area contributed by atoms with Crippen molar-refractivity contribution in [3.63, 3.8) is 0 Å². The lowest BCUT2D eigenvalue weighted by Gasteiger charge is -2.28. The summed E-state index contributed by atoms with van der Waals surface area (Å²) in [6.45, 7) is 0.0213. The van der Waals surface area contributed by atoms with Crippen LogP contribution in [-0.4, -0.2) is 25.9 Å². The Morgan fingerprint density at radius 1 is 1.21 bits per heavy atom. The van der Waals surface area contributed by atoms with Gasteiger partial charge in [-0.3, -0.25) is 4.79 Å². The van der Waals surface area contributed by atoms with Crippen LogP contribution in [-0.2, 0) is 37.3 Å². The van der Waals surface area contributed by atoms with Gasteiger partial charge in [-0.2, -0.15) is 0 Å². The number of rotatable bonds is 5. The number of sulfone groups is 1. The van der Waals surface area contributed by atoms with Crippen molar-refractivity contribution in [2.75, 3.05) is 11.5 Å². The third kappa shape index (κ3) is 4.76. The van der Waals surface area contributed by atoms with Gasteiger partial charge in [0.2, 0.25) is 6.29 Å². The van der Waals surface area contributed by atoms with Crippen molar-refractivity contribution < 1.29 is 31.8 Å². The molecule has 29 heavy (non-hydrogen) atoms. The maximum absolute atomic E-state index is 14.0. The predicted molar refractivity (Wildman–Crippen MR) is 102 cm³/mol. The van der Waals surface area contributed by atoms with Crippen LogP contribution in [0.5, 0.6) is 5.75 Å². The first kappa shape index (κ1) is 19.8. The summed E-state index contributed by atoms with van der Waals surface area (Å²) in [6.07, 6.45) is -0.133. The zero-order valence-corrected chi connectivity index (χ0v) is 16.5. The fourth-order valence-corrected chi connectivity index (χ4v) is 5.51. The molecule has 154 valence electrons. The molecule has 0 unspecified atom stereocenters. The molecule has 6 nitrogen and oxygen atoms in total. The molecule has 0 aromatic heterocycles. The van der Waals surface area contributed by atoms with E-state index in [0.717, 1.165) is 5.56 Å². The van der Waals surface area contributed by atoms with Crippen molar-refractivity contribution in [2.45, 2.75) is 32.3 Å². The number of carbonyl (C=O) groups excluding carboxylic acids is 1. The van der Waals surface area contributed by atoms with Crippen molar-refractivity contribution in [1.29, 1.82) is 0 Å². The van der Waals surface area contributed by atoms with Crippen LogP contribution in [0.1, 0.15) is 35.8 Å². The molecule has 0 radical (unpaired) electrons. The van der Waals surface area contributed by atoms with Gasteiger partial charge in [-0.15, -0.1) is 0 Å². The number of benzene rings is 2. The van der Waals surface area contributed by atoms with E-state index in [0.29, 0.717) is 23.3 Å². The number of fused-ring (bicyclic) bond motifs is 1. The van der Waals surface area contributed by atoms with E-state index in [2.05, 4.69) is 0 Å². The number of esters is 1. The number of carbonyl (C=O) groups is 1. The molecule has 0 saturated carbocycles. The Hall–Kier alpha value is -2.45. The largest absolute Gasteiger partial charge is 0.461 e. The van der Waals surface area contributed by atoms with Crippen LogP contribution < -0.4 is 4.74 Å². The van der Waals surface area contributed by atoms with Gasteiger partial charge in [0.05, 0.1) is 18.1 Å². The maximum Gasteiger partial charge on any atom is 0.306 e. The lowest BCUT2D eigenvalue weighted by Crippen LogP contribution is -2.20. The molecule has 2 aliphatic heterocycles. The molecule has 8 heteroatoms. The van der Waals surface area contributed by atoms with Crippen LogP contribution in [0.4, 0.5) is 4.39 Å². The summed E-state index contributed by atoms with van der Waals surface area (Å²) in [5, 5.41) is 0. The fourth-order valence-electron chi connectivity index (χ4n) is 3.64. The van der Waals surface area contributed by atoms with Crippen LogP contribution in [0.15, 0.2) is 42.5 Å². The van der Waals surface area contributed by atoms with E-state index < -0.39 is 27.9 Å². The summed E-state index contributed by atoms with van der Waals surface area (Å²) in [5.41, 5.74) is 1.79. The lowest BCUT2D eigenvalue weighted by molar-refractivity contribution is -0.146. The standard InChI is InChI=1S/C21H21FO6S/c22-18-9-16(11-26-19(23)8-14-6-7-29(24,25)13-14)20-17(10-18)12-27-21(28-20)15-4-2-1-3-5-15/h1-5,9-10,14,21H,6-8,11-13H2/t14-,21+/m1/s1. The number of hydrogen-bond acceptors (Lipinski definition) is 6. The van der Waals surface area contributed by atoms with Gasteiger partial charge >= 0.3 is 5.97 Å². The Kier molecular flexibility index (Phi) is 5.56. The van der Waals surface area contributed by atoms with E-state index >= 15 is 0 Å². The lowest BCUT2D eigenvalue weighted by atomic mass is 10.1. The third-order valence-corrected chi connectivity index (χ3v) is 6.90. The van der Waals surface area contributed by atoms with Crippen LogP contribution >= 0.6 is 0 Å². The number of ether oxygens (including phenoxy) is 3. The van der Waals surface area contributed by atoms with Gasteiger partial charge in [0, 0.05) is 23.1 Å². The minimum atomic E-state index is -3.05. The molecule has 2 aliphatic rings. The molecule has 1 saturated heterocycles. The summed E-state index contributed by atoms with van der Waals surface area (Å²) >= 11 is 0. The van der Waals surface area contributed by atoms with Crippen molar-refractivity contribution in [1.82, 2.24) is 0 Å². The minimum absolute atomic E-state index is 0.0106. The van der Waals surface area contributed by atoms with Crippen molar-refractivity contribution in [3.8, 4) is 5.75 Å². The SMILES string of the molecule is O=C(C[C@H]1CCS(=O)(=O)C1)OCc1cc(F)cc2c1O[C@@H](c1ccccc1)OC2. The first-order valence-corrected chi connectivity index (χ1v) is 11.2. The topological polar surface area (TPSA) is 78.9 Å². The van der Waals surface area contributed by atoms with E-state index in [9.17, 15) is 17.6 Å². The second kappa shape index (κ2) is 8.12. The fraction of sp³-hybridized carbons (Fsp3) is 0.381. The van der Waals surface area contributed by atoms with Crippen molar-refractivity contribution >= 4 is 15.8 Å². The molecular formula is C21H21FO6S. The molecular weight excluding hydrogens is 399 g/mol. The van der Waals surface area contributed by atoms with Gasteiger partial charge in [-0.1, -0.05) is 30.3 Å². The highest BCUT2D eigenvalue weighted by Crippen LogP contribution is 2.37. The van der Waals surface area contributed by atoms with Gasteiger partial charge in [0.25, 0.3) is 0 Å². The summed E-state index contributed by atoms with van der Waals surface area (Å²) < 4.78 is 54.0. The molecule has 2 aromatic rings. The van der Waals surface area contributed by atoms with Gasteiger partial charge in [-0.05, 0) is 24.5 Å². The van der Waals surface area contributed by atoms with Crippen LogP contribution in [0.25, 0.3) is 0 Å². The summed E-state index contributed by atoms with van der Waals surface area (Å²) in [5.74, 6) is -0.629. The van der Waals surface area contributed by atoms with Gasteiger partial charge < -0.3 is 14.2 Å². The minimum Gasteiger partial charge on any atom is -0.461 e. The Bertz CT molecular complexity index is 1010. The smallest absolute Gasteiger partial charge is 0.306 e. The van der Waals surface area contributed by atoms with Crippen molar-refractivity contribution in [2.24, 2.45) is 5.92 Å². The van der Waals surface area contributed by atoms with Gasteiger partial charge in [0.1, 0.15) is 18.2 Å². The summed E-state index contributed by atoms with van der Waals surface area (Å²) in [4.78, 5) is 12.1. The second-order valence-corrected chi connectivity index (χ2v) is 9.59. The van der Waals surface area contributed by atoms with E-state index in [1.165, 1.54) is 12.1 Å². The third-order valence-electron chi connectivity index (χ3n) is 5.07. The van der Waals surface area contributed by atoms with Gasteiger partial charge in [-0.25, -0.2) is 12.8 Å². The van der Waals surface area contributed by atoms with E-state index in [-0.39, 0.29) is 37.1 Å². The number of halogens is 1. The molecule has 0 spiro atoms. The first-order valence-electron chi connectivity index (χ1n) is 9.40. The normalized spacial score (nSPS) is 22.5. The van der Waals surface area contributed by atoms with Crippen LogP contribution in [0, 0.1) is 11.7 Å². The quantitative estimate of drug-likeness (QED) is 0.691. The highest BCUT2D eigenvalue weighted by Gasteiger charge is 2.30. The monoisotopic (exact) mass is 420 g/mol. The van der Waals surface area contributed by atoms with Gasteiger partial charge in [0.15, 0.2) is 9.84 Å². The Balaban J connectivity index is 1.44. The summed E-state index contributed by atoms with van der Waals surface area (Å²) in [6, 6.07) is 12.0. The van der Waals surface area contributed by atoms with Crippen LogP contribution in [0.2, 0.25) is 0 Å². The van der Waals surface area contributed by atoms with Crippen LogP contribution in [0.3, 0.4) is 0 Å². The Morgan fingerprint density at radius 2 is 2.00 bits per heavy atom. The average Bonchev–Trinajstić information content (AvgIpc) is 3.04. The van der Waals surface area contributed by atoms with E-state index in [1.807, 2.05) is 30.3 Å². The Labute approximate surface area is 168 Å². The first-order chi connectivity index (χ1) is 13.9. The molecule has 1 fully saturated rings. The maximum atomic E-state index is 14.0. The zero-order chi connectivity index (χ0) is 20.4. The summed E-state index contributed by atoms with van der Waals surface area (Å²) in [7, 11) is -3.05. The van der Waals surface area contributed by atoms with E-state index in [4.69, 9.17) is 14.2 Å². The molecule has 4 rings (SSSR count). The molecule has 0 amide bonds. The molecule has 2 aromatic carbocycles. The number of hydrogen-bond donors (Lipinski definition) is 0. The highest BCUT2D eigenvalue weighted by molar-refractivity contribution is 7.91. The molecule has 0 bridgehead atoms. The predicted octanol–water partition coefficient (Wildman–Crippen LogP) is 3.30. The molecule has 2 heterocycles.